The summed E-state index contributed by atoms with van der Waals surface area (Å²) in [7, 11) is 0. The van der Waals surface area contributed by atoms with Crippen LogP contribution in [-0.2, 0) is 25.5 Å². The predicted octanol–water partition coefficient (Wildman–Crippen LogP) is 2.81. The molecule has 2 amide bonds. The molecule has 0 spiro atoms. The summed E-state index contributed by atoms with van der Waals surface area (Å²) in [6.07, 6.45) is -0.133. The molecule has 1 aliphatic heterocycles. The van der Waals surface area contributed by atoms with Crippen LogP contribution >= 0.6 is 11.8 Å². The van der Waals surface area contributed by atoms with Gasteiger partial charge in [-0.1, -0.05) is 42.5 Å². The molecular formula is C22H24N2O4S. The number of thioether (sulfide) groups is 1. The fourth-order valence-electron chi connectivity index (χ4n) is 3.03. The molecule has 1 atom stereocenters. The van der Waals surface area contributed by atoms with E-state index in [0.29, 0.717) is 18.7 Å². The van der Waals surface area contributed by atoms with E-state index in [1.54, 1.807) is 11.8 Å². The quantitative estimate of drug-likeness (QED) is 0.675. The van der Waals surface area contributed by atoms with Crippen LogP contribution in [0.4, 0.5) is 5.69 Å². The maximum atomic E-state index is 12.2. The van der Waals surface area contributed by atoms with Crippen LogP contribution in [0.3, 0.4) is 0 Å². The van der Waals surface area contributed by atoms with Crippen LogP contribution in [0.25, 0.3) is 0 Å². The van der Waals surface area contributed by atoms with Crippen LogP contribution in [0.5, 0.6) is 0 Å². The lowest BCUT2D eigenvalue weighted by molar-refractivity contribution is -0.154. The van der Waals surface area contributed by atoms with E-state index in [0.717, 1.165) is 16.1 Å². The van der Waals surface area contributed by atoms with Gasteiger partial charge in [0, 0.05) is 18.0 Å². The van der Waals surface area contributed by atoms with Crippen molar-refractivity contribution >= 4 is 35.2 Å². The second-order valence-corrected chi connectivity index (χ2v) is 7.73. The van der Waals surface area contributed by atoms with Gasteiger partial charge >= 0.3 is 5.97 Å². The number of amides is 2. The zero-order chi connectivity index (χ0) is 20.6. The van der Waals surface area contributed by atoms with Gasteiger partial charge in [-0.3, -0.25) is 14.4 Å². The molecule has 0 aliphatic carbocycles. The molecule has 7 heteroatoms. The first-order chi connectivity index (χ1) is 14.0. The standard InChI is InChI=1S/C22H24N2O4S/c1-16(22(27)23-13-11-17-7-3-2-4-8-17)28-21(26)12-14-24-18-9-5-6-10-19(18)29-15-20(24)25/h2-10,16H,11-15H2,1H3,(H,23,27)/t16-/m0/s1. The molecule has 29 heavy (non-hydrogen) atoms. The highest BCUT2D eigenvalue weighted by molar-refractivity contribution is 8.00. The number of fused-ring (bicyclic) bond motifs is 1. The van der Waals surface area contributed by atoms with Gasteiger partial charge in [0.2, 0.25) is 5.91 Å². The van der Waals surface area contributed by atoms with E-state index in [-0.39, 0.29) is 24.8 Å². The topological polar surface area (TPSA) is 75.7 Å². The highest BCUT2D eigenvalue weighted by Gasteiger charge is 2.25. The minimum Gasteiger partial charge on any atom is -0.452 e. The smallest absolute Gasteiger partial charge is 0.308 e. The van der Waals surface area contributed by atoms with Crippen molar-refractivity contribution < 1.29 is 19.1 Å². The molecule has 0 radical (unpaired) electrons. The molecule has 0 bridgehead atoms. The number of para-hydroxylation sites is 1. The third kappa shape index (κ3) is 5.84. The van der Waals surface area contributed by atoms with Crippen LogP contribution in [0.15, 0.2) is 59.5 Å². The lowest BCUT2D eigenvalue weighted by Crippen LogP contribution is -2.39. The van der Waals surface area contributed by atoms with Gasteiger partial charge in [0.05, 0.1) is 17.9 Å². The zero-order valence-corrected chi connectivity index (χ0v) is 17.1. The summed E-state index contributed by atoms with van der Waals surface area (Å²) in [5.74, 6) is -0.510. The van der Waals surface area contributed by atoms with Gasteiger partial charge in [-0.05, 0) is 31.0 Å². The Kier molecular flexibility index (Phi) is 7.30. The van der Waals surface area contributed by atoms with E-state index in [1.165, 1.54) is 11.8 Å². The summed E-state index contributed by atoms with van der Waals surface area (Å²) in [6, 6.07) is 17.4. The van der Waals surface area contributed by atoms with Gasteiger partial charge in [0.1, 0.15) is 0 Å². The molecule has 152 valence electrons. The van der Waals surface area contributed by atoms with Gasteiger partial charge in [0.15, 0.2) is 6.10 Å². The van der Waals surface area contributed by atoms with E-state index in [4.69, 9.17) is 4.74 Å². The Morgan fingerprint density at radius 2 is 1.86 bits per heavy atom. The number of hydrogen-bond donors (Lipinski definition) is 1. The van der Waals surface area contributed by atoms with Crippen molar-refractivity contribution in [1.82, 2.24) is 5.32 Å². The molecule has 1 N–H and O–H groups in total. The Bertz CT molecular complexity index is 872. The third-order valence-electron chi connectivity index (χ3n) is 4.58. The maximum absolute atomic E-state index is 12.2. The van der Waals surface area contributed by atoms with Crippen molar-refractivity contribution in [3.63, 3.8) is 0 Å². The van der Waals surface area contributed by atoms with Gasteiger partial charge in [0.25, 0.3) is 5.91 Å². The first kappa shape index (κ1) is 20.9. The molecule has 0 saturated carbocycles. The lowest BCUT2D eigenvalue weighted by atomic mass is 10.1. The van der Waals surface area contributed by atoms with Gasteiger partial charge in [-0.2, -0.15) is 0 Å². The van der Waals surface area contributed by atoms with Crippen molar-refractivity contribution in [2.75, 3.05) is 23.7 Å². The van der Waals surface area contributed by atoms with E-state index < -0.39 is 12.1 Å². The number of nitrogens with one attached hydrogen (secondary N) is 1. The van der Waals surface area contributed by atoms with Crippen LogP contribution in [0, 0.1) is 0 Å². The number of esters is 1. The summed E-state index contributed by atoms with van der Waals surface area (Å²) in [6.45, 7) is 2.26. The predicted molar refractivity (Wildman–Crippen MR) is 113 cm³/mol. The van der Waals surface area contributed by atoms with Crippen molar-refractivity contribution in [1.29, 1.82) is 0 Å². The molecule has 0 unspecified atom stereocenters. The SMILES string of the molecule is C[C@H](OC(=O)CCN1C(=O)CSc2ccccc21)C(=O)NCCc1ccccc1. The minimum atomic E-state index is -0.877. The van der Waals surface area contributed by atoms with Crippen molar-refractivity contribution in [3.8, 4) is 0 Å². The van der Waals surface area contributed by atoms with Gasteiger partial charge in [-0.25, -0.2) is 0 Å². The number of anilines is 1. The lowest BCUT2D eigenvalue weighted by Gasteiger charge is -2.28. The summed E-state index contributed by atoms with van der Waals surface area (Å²) in [4.78, 5) is 39.2. The summed E-state index contributed by atoms with van der Waals surface area (Å²) < 4.78 is 5.24. The fraction of sp³-hybridized carbons (Fsp3) is 0.318. The summed E-state index contributed by atoms with van der Waals surface area (Å²) >= 11 is 1.49. The Balaban J connectivity index is 1.43. The van der Waals surface area contributed by atoms with Crippen molar-refractivity contribution in [2.45, 2.75) is 30.8 Å². The molecule has 3 rings (SSSR count). The first-order valence-corrected chi connectivity index (χ1v) is 10.6. The summed E-state index contributed by atoms with van der Waals surface area (Å²) in [5.41, 5.74) is 1.94. The highest BCUT2D eigenvalue weighted by atomic mass is 32.2. The second-order valence-electron chi connectivity index (χ2n) is 6.71. The maximum Gasteiger partial charge on any atom is 0.308 e. The number of benzene rings is 2. The minimum absolute atomic E-state index is 0.0341. The highest BCUT2D eigenvalue weighted by Crippen LogP contribution is 2.34. The molecular weight excluding hydrogens is 388 g/mol. The zero-order valence-electron chi connectivity index (χ0n) is 16.3. The van der Waals surface area contributed by atoms with Crippen LogP contribution < -0.4 is 10.2 Å². The molecule has 0 aromatic heterocycles. The van der Waals surface area contributed by atoms with Gasteiger partial charge < -0.3 is 15.0 Å². The molecule has 2 aromatic rings. The molecule has 2 aromatic carbocycles. The fourth-order valence-corrected chi connectivity index (χ4v) is 3.97. The Labute approximate surface area is 174 Å². The number of carbonyl (C=O) groups excluding carboxylic acids is 3. The molecule has 0 fully saturated rings. The van der Waals surface area contributed by atoms with Crippen LogP contribution in [0.1, 0.15) is 18.9 Å². The van der Waals surface area contributed by atoms with E-state index in [2.05, 4.69) is 5.32 Å². The monoisotopic (exact) mass is 412 g/mol. The Morgan fingerprint density at radius 1 is 1.14 bits per heavy atom. The summed E-state index contributed by atoms with van der Waals surface area (Å²) in [5, 5.41) is 2.78. The van der Waals surface area contributed by atoms with E-state index in [1.807, 2.05) is 54.6 Å². The molecule has 1 heterocycles. The van der Waals surface area contributed by atoms with Crippen molar-refractivity contribution in [3.05, 3.63) is 60.2 Å². The average Bonchev–Trinajstić information content (AvgIpc) is 2.73. The Hall–Kier alpha value is -2.80. The number of hydrogen-bond acceptors (Lipinski definition) is 5. The number of ether oxygens (including phenoxy) is 1. The van der Waals surface area contributed by atoms with E-state index >= 15 is 0 Å². The van der Waals surface area contributed by atoms with Gasteiger partial charge in [-0.15, -0.1) is 11.8 Å². The Morgan fingerprint density at radius 3 is 2.66 bits per heavy atom. The molecule has 6 nitrogen and oxygen atoms in total. The largest absolute Gasteiger partial charge is 0.452 e. The number of carbonyl (C=O) groups is 3. The molecule has 1 aliphatic rings. The second kappa shape index (κ2) is 10.1. The number of nitrogens with zero attached hydrogens (tertiary/aromatic N) is 1. The first-order valence-electron chi connectivity index (χ1n) is 9.58. The number of rotatable bonds is 8. The van der Waals surface area contributed by atoms with E-state index in [9.17, 15) is 14.4 Å². The average molecular weight is 413 g/mol. The van der Waals surface area contributed by atoms with Crippen molar-refractivity contribution in [2.24, 2.45) is 0 Å². The third-order valence-corrected chi connectivity index (χ3v) is 5.63. The molecule has 0 saturated heterocycles. The van der Waals surface area contributed by atoms with Crippen LogP contribution in [-0.4, -0.2) is 42.7 Å². The normalized spacial score (nSPS) is 14.1. The van der Waals surface area contributed by atoms with Crippen LogP contribution in [0.2, 0.25) is 0 Å².